The zero-order valence-corrected chi connectivity index (χ0v) is 7.56. The molecule has 0 unspecified atom stereocenters. The normalized spacial score (nSPS) is 24.5. The van der Waals surface area contributed by atoms with Crippen molar-refractivity contribution in [2.75, 3.05) is 0 Å². The summed E-state index contributed by atoms with van der Waals surface area (Å²) in [6.07, 6.45) is -2.86. The maximum Gasteiger partial charge on any atom is 0.450 e. The molecule has 0 aromatic carbocycles. The predicted molar refractivity (Wildman–Crippen MR) is 42.6 cm³/mol. The minimum atomic E-state index is -4.87. The highest BCUT2D eigenvalue weighted by Crippen LogP contribution is 2.28. The van der Waals surface area contributed by atoms with E-state index in [-0.39, 0.29) is 12.8 Å². The molecule has 0 amide bonds. The van der Waals surface area contributed by atoms with E-state index in [4.69, 9.17) is 0 Å². The van der Waals surface area contributed by atoms with Crippen LogP contribution in [0.15, 0.2) is 0 Å². The van der Waals surface area contributed by atoms with Crippen molar-refractivity contribution >= 4 is 11.6 Å². The van der Waals surface area contributed by atoms with Crippen molar-refractivity contribution < 1.29 is 22.8 Å². The van der Waals surface area contributed by atoms with Gasteiger partial charge in [0, 0.05) is 6.42 Å². The lowest BCUT2D eigenvalue weighted by Gasteiger charge is -2.13. The van der Waals surface area contributed by atoms with Gasteiger partial charge in [-0.25, -0.2) is 0 Å². The van der Waals surface area contributed by atoms with E-state index in [1.165, 1.54) is 0 Å². The van der Waals surface area contributed by atoms with E-state index in [1.807, 2.05) is 0 Å². The first-order chi connectivity index (χ1) is 6.43. The third-order valence-corrected chi connectivity index (χ3v) is 2.40. The van der Waals surface area contributed by atoms with Crippen molar-refractivity contribution in [3.63, 3.8) is 0 Å². The third-order valence-electron chi connectivity index (χ3n) is 2.40. The Kier molecular flexibility index (Phi) is 3.29. The van der Waals surface area contributed by atoms with Crippen molar-refractivity contribution in [1.29, 1.82) is 0 Å². The molecule has 0 aromatic heterocycles. The van der Waals surface area contributed by atoms with Crippen LogP contribution in [0, 0.1) is 5.92 Å². The molecule has 0 bridgehead atoms. The zero-order chi connectivity index (χ0) is 10.8. The molecule has 1 rings (SSSR count). The summed E-state index contributed by atoms with van der Waals surface area (Å²) in [5.41, 5.74) is 0. The molecule has 80 valence electrons. The van der Waals surface area contributed by atoms with Crippen LogP contribution in [0.5, 0.6) is 0 Å². The van der Waals surface area contributed by atoms with Crippen molar-refractivity contribution in [3.05, 3.63) is 0 Å². The first kappa shape index (κ1) is 11.2. The highest BCUT2D eigenvalue weighted by Gasteiger charge is 2.45. The predicted octanol–water partition coefficient (Wildman–Crippen LogP) is 2.27. The molecule has 1 aliphatic rings. The highest BCUT2D eigenvalue weighted by atomic mass is 19.4. The van der Waals surface area contributed by atoms with Crippen LogP contribution < -0.4 is 0 Å². The molecule has 1 aliphatic carbocycles. The van der Waals surface area contributed by atoms with E-state index in [2.05, 4.69) is 0 Å². The summed E-state index contributed by atoms with van der Waals surface area (Å²) in [7, 11) is 0. The molecule has 0 spiro atoms. The SMILES string of the molecule is O=C1CCCCC[C@@H]1C(=O)C(F)(F)F. The summed E-state index contributed by atoms with van der Waals surface area (Å²) in [5.74, 6) is -3.85. The van der Waals surface area contributed by atoms with Crippen LogP contribution >= 0.6 is 0 Å². The average Bonchev–Trinajstić information content (AvgIpc) is 2.27. The molecule has 0 radical (unpaired) electrons. The minimum absolute atomic E-state index is 0.0528. The van der Waals surface area contributed by atoms with Gasteiger partial charge in [0.15, 0.2) is 0 Å². The number of Topliss-reactive ketones (excluding diaryl/α,β-unsaturated/α-hetero) is 2. The number of carbonyl (C=O) groups is 2. The molecular formula is C9H11F3O2. The van der Waals surface area contributed by atoms with Crippen molar-refractivity contribution in [2.45, 2.75) is 38.3 Å². The molecule has 0 N–H and O–H groups in total. The number of ketones is 2. The minimum Gasteiger partial charge on any atom is -0.299 e. The second kappa shape index (κ2) is 4.11. The monoisotopic (exact) mass is 208 g/mol. The van der Waals surface area contributed by atoms with Gasteiger partial charge in [0.05, 0.1) is 5.92 Å². The number of alkyl halides is 3. The Bertz CT molecular complexity index is 245. The Balaban J connectivity index is 2.74. The Morgan fingerprint density at radius 2 is 1.86 bits per heavy atom. The molecular weight excluding hydrogens is 197 g/mol. The van der Waals surface area contributed by atoms with Crippen molar-refractivity contribution in [1.82, 2.24) is 0 Å². The maximum atomic E-state index is 12.0. The molecule has 14 heavy (non-hydrogen) atoms. The molecule has 0 aliphatic heterocycles. The van der Waals surface area contributed by atoms with Gasteiger partial charge < -0.3 is 0 Å². The van der Waals surface area contributed by atoms with Gasteiger partial charge in [-0.05, 0) is 12.8 Å². The Morgan fingerprint density at radius 3 is 2.43 bits per heavy atom. The summed E-state index contributed by atoms with van der Waals surface area (Å²) < 4.78 is 36.1. The summed E-state index contributed by atoms with van der Waals surface area (Å²) >= 11 is 0. The zero-order valence-electron chi connectivity index (χ0n) is 7.56. The second-order valence-corrected chi connectivity index (χ2v) is 3.48. The van der Waals surface area contributed by atoms with E-state index in [0.29, 0.717) is 12.8 Å². The van der Waals surface area contributed by atoms with Crippen molar-refractivity contribution in [2.24, 2.45) is 5.92 Å². The number of hydrogen-bond donors (Lipinski definition) is 0. The lowest BCUT2D eigenvalue weighted by Crippen LogP contribution is -2.34. The van der Waals surface area contributed by atoms with Gasteiger partial charge in [0.1, 0.15) is 5.78 Å². The van der Waals surface area contributed by atoms with E-state index in [1.54, 1.807) is 0 Å². The maximum absolute atomic E-state index is 12.0. The average molecular weight is 208 g/mol. The number of carbonyl (C=O) groups excluding carboxylic acids is 2. The Labute approximate surface area is 79.5 Å². The summed E-state index contributed by atoms with van der Waals surface area (Å²) in [6.45, 7) is 0. The topological polar surface area (TPSA) is 34.1 Å². The van der Waals surface area contributed by atoms with E-state index in [9.17, 15) is 22.8 Å². The molecule has 5 heteroatoms. The Morgan fingerprint density at radius 1 is 1.21 bits per heavy atom. The van der Waals surface area contributed by atoms with Gasteiger partial charge in [-0.15, -0.1) is 0 Å². The molecule has 1 atom stereocenters. The summed E-state index contributed by atoms with van der Waals surface area (Å²) in [6, 6.07) is 0. The first-order valence-corrected chi connectivity index (χ1v) is 4.56. The van der Waals surface area contributed by atoms with E-state index in [0.717, 1.165) is 6.42 Å². The van der Waals surface area contributed by atoms with Gasteiger partial charge in [0.2, 0.25) is 5.78 Å². The molecule has 1 fully saturated rings. The summed E-state index contributed by atoms with van der Waals surface area (Å²) in [5, 5.41) is 0. The quantitative estimate of drug-likeness (QED) is 0.489. The lowest BCUT2D eigenvalue weighted by atomic mass is 9.94. The van der Waals surface area contributed by atoms with Crippen LogP contribution in [-0.2, 0) is 9.59 Å². The fraction of sp³-hybridized carbons (Fsp3) is 0.778. The fourth-order valence-electron chi connectivity index (χ4n) is 1.63. The van der Waals surface area contributed by atoms with Crippen molar-refractivity contribution in [3.8, 4) is 0 Å². The molecule has 0 heterocycles. The van der Waals surface area contributed by atoms with Gasteiger partial charge in [-0.2, -0.15) is 13.2 Å². The van der Waals surface area contributed by atoms with Gasteiger partial charge >= 0.3 is 6.18 Å². The fourth-order valence-corrected chi connectivity index (χ4v) is 1.63. The largest absolute Gasteiger partial charge is 0.450 e. The van der Waals surface area contributed by atoms with Crippen LogP contribution in [0.25, 0.3) is 0 Å². The van der Waals surface area contributed by atoms with Crippen LogP contribution in [-0.4, -0.2) is 17.7 Å². The standard InChI is InChI=1S/C9H11F3O2/c10-9(11,12)8(14)6-4-2-1-3-5-7(6)13/h6H,1-5H2/t6-/m0/s1. The Hall–Kier alpha value is -0.870. The van der Waals surface area contributed by atoms with Crippen LogP contribution in [0.3, 0.4) is 0 Å². The highest BCUT2D eigenvalue weighted by molar-refractivity contribution is 6.04. The lowest BCUT2D eigenvalue weighted by molar-refractivity contribution is -0.176. The van der Waals surface area contributed by atoms with Gasteiger partial charge in [-0.1, -0.05) is 12.8 Å². The summed E-state index contributed by atoms with van der Waals surface area (Å²) in [4.78, 5) is 22.0. The molecule has 0 aromatic rings. The van der Waals surface area contributed by atoms with Crippen LogP contribution in [0.2, 0.25) is 0 Å². The van der Waals surface area contributed by atoms with Crippen LogP contribution in [0.1, 0.15) is 32.1 Å². The molecule has 1 saturated carbocycles. The third kappa shape index (κ3) is 2.56. The number of hydrogen-bond acceptors (Lipinski definition) is 2. The van der Waals surface area contributed by atoms with E-state index >= 15 is 0 Å². The first-order valence-electron chi connectivity index (χ1n) is 4.56. The second-order valence-electron chi connectivity index (χ2n) is 3.48. The van der Waals surface area contributed by atoms with Gasteiger partial charge in [-0.3, -0.25) is 9.59 Å². The molecule has 0 saturated heterocycles. The number of halogens is 3. The van der Waals surface area contributed by atoms with E-state index < -0.39 is 23.7 Å². The smallest absolute Gasteiger partial charge is 0.299 e. The van der Waals surface area contributed by atoms with Crippen LogP contribution in [0.4, 0.5) is 13.2 Å². The van der Waals surface area contributed by atoms with Gasteiger partial charge in [0.25, 0.3) is 0 Å². The number of rotatable bonds is 1. The molecule has 2 nitrogen and oxygen atoms in total.